The molecule has 0 amide bonds. The van der Waals surface area contributed by atoms with Crippen LogP contribution in [0.2, 0.25) is 0 Å². The van der Waals surface area contributed by atoms with Crippen LogP contribution in [-0.2, 0) is 9.05 Å². The van der Waals surface area contributed by atoms with E-state index in [-0.39, 0.29) is 6.10 Å². The van der Waals surface area contributed by atoms with Crippen LogP contribution in [0, 0.1) is 0 Å². The van der Waals surface area contributed by atoms with E-state index in [2.05, 4.69) is 22.9 Å². The van der Waals surface area contributed by atoms with Crippen LogP contribution in [0.4, 0.5) is 0 Å². The average Bonchev–Trinajstić information content (AvgIpc) is 2.00. The van der Waals surface area contributed by atoms with Crippen molar-refractivity contribution >= 4 is 24.5 Å². The van der Waals surface area contributed by atoms with Gasteiger partial charge in [0.05, 0.1) is 6.10 Å². The van der Waals surface area contributed by atoms with Gasteiger partial charge in [0, 0.05) is 12.4 Å². The van der Waals surface area contributed by atoms with Gasteiger partial charge < -0.3 is 9.05 Å². The van der Waals surface area contributed by atoms with E-state index in [1.54, 1.807) is 7.11 Å². The second-order valence-electron chi connectivity index (χ2n) is 2.66. The summed E-state index contributed by atoms with van der Waals surface area (Å²) in [6.07, 6.45) is 1.26. The van der Waals surface area contributed by atoms with Gasteiger partial charge in [0.15, 0.2) is 0 Å². The molecule has 0 saturated heterocycles. The van der Waals surface area contributed by atoms with E-state index in [0.29, 0.717) is 0 Å². The van der Waals surface area contributed by atoms with E-state index in [4.69, 9.17) is 9.05 Å². The number of hydrogen-bond acceptors (Lipinski definition) is 3. The second-order valence-corrected chi connectivity index (χ2v) is 5.31. The summed E-state index contributed by atoms with van der Waals surface area (Å²) in [7, 11) is 4.73. The first-order valence-corrected chi connectivity index (χ1v) is 6.11. The zero-order valence-electron chi connectivity index (χ0n) is 8.08. The van der Waals surface area contributed by atoms with Crippen LogP contribution in [0.25, 0.3) is 0 Å². The summed E-state index contributed by atoms with van der Waals surface area (Å²) in [5, 5.41) is 0.967. The predicted octanol–water partition coefficient (Wildman–Crippen LogP) is 2.61. The Labute approximate surface area is 84.5 Å². The van der Waals surface area contributed by atoms with Crippen molar-refractivity contribution in [3.63, 3.8) is 0 Å². The molecule has 12 heavy (non-hydrogen) atoms. The Morgan fingerprint density at radius 1 is 1.50 bits per heavy atom. The van der Waals surface area contributed by atoms with Crippen molar-refractivity contribution in [1.29, 1.82) is 0 Å². The summed E-state index contributed by atoms with van der Waals surface area (Å²) in [4.78, 5) is 0. The van der Waals surface area contributed by atoms with Crippen LogP contribution in [0.5, 0.6) is 0 Å². The summed E-state index contributed by atoms with van der Waals surface area (Å²) < 4.78 is 12.8. The van der Waals surface area contributed by atoms with Gasteiger partial charge in [-0.05, 0) is 27.4 Å². The number of alkyl halides is 1. The maximum absolute atomic E-state index is 5.64. The molecule has 0 bridgehead atoms. The first-order chi connectivity index (χ1) is 5.61. The van der Waals surface area contributed by atoms with Crippen molar-refractivity contribution in [2.45, 2.75) is 19.4 Å². The highest BCUT2D eigenvalue weighted by Crippen LogP contribution is 2.40. The molecule has 0 rings (SSSR count). The van der Waals surface area contributed by atoms with Crippen molar-refractivity contribution in [2.24, 2.45) is 0 Å². The summed E-state index contributed by atoms with van der Waals surface area (Å²) in [5.74, 6) is 0. The molecule has 0 fully saturated rings. The van der Waals surface area contributed by atoms with Crippen LogP contribution in [-0.4, -0.2) is 37.3 Å². The van der Waals surface area contributed by atoms with Crippen molar-refractivity contribution in [1.82, 2.24) is 4.67 Å². The number of rotatable bonds is 6. The van der Waals surface area contributed by atoms with Gasteiger partial charge in [0.1, 0.15) is 0 Å². The van der Waals surface area contributed by atoms with Gasteiger partial charge in [-0.15, -0.1) is 0 Å². The standard InChI is InChI=1S/C7H17BrNO2P/c1-7(5-6-8)11-12(10-4)9(2)3/h7H,5-6H2,1-4H3. The van der Waals surface area contributed by atoms with E-state index in [1.807, 2.05) is 18.8 Å². The average molecular weight is 258 g/mol. The second kappa shape index (κ2) is 7.22. The highest BCUT2D eigenvalue weighted by atomic mass is 79.9. The van der Waals surface area contributed by atoms with Gasteiger partial charge in [-0.3, -0.25) is 0 Å². The zero-order chi connectivity index (χ0) is 9.56. The molecule has 0 aromatic rings. The minimum Gasteiger partial charge on any atom is -0.325 e. The molecular weight excluding hydrogens is 241 g/mol. The molecule has 2 unspecified atom stereocenters. The van der Waals surface area contributed by atoms with Gasteiger partial charge in [0.2, 0.25) is 0 Å². The fraction of sp³-hybridized carbons (Fsp3) is 1.00. The highest BCUT2D eigenvalue weighted by molar-refractivity contribution is 9.09. The quantitative estimate of drug-likeness (QED) is 0.540. The largest absolute Gasteiger partial charge is 0.325 e. The molecule has 2 atom stereocenters. The Balaban J connectivity index is 3.69. The molecule has 0 aliphatic rings. The van der Waals surface area contributed by atoms with Crippen LogP contribution in [0.15, 0.2) is 0 Å². The topological polar surface area (TPSA) is 21.7 Å². The van der Waals surface area contributed by atoms with Crippen LogP contribution >= 0.6 is 24.5 Å². The molecule has 74 valence electrons. The third-order valence-electron chi connectivity index (χ3n) is 1.27. The molecule has 3 nitrogen and oxygen atoms in total. The Bertz CT molecular complexity index is 116. The lowest BCUT2D eigenvalue weighted by Gasteiger charge is -2.23. The van der Waals surface area contributed by atoms with E-state index < -0.39 is 8.53 Å². The number of halogens is 1. The third-order valence-corrected chi connectivity index (χ3v) is 3.23. The fourth-order valence-corrected chi connectivity index (χ4v) is 2.32. The minimum absolute atomic E-state index is 0.248. The molecular formula is C7H17BrNO2P. The van der Waals surface area contributed by atoms with Gasteiger partial charge in [-0.1, -0.05) is 15.9 Å². The molecule has 0 aliphatic heterocycles. The lowest BCUT2D eigenvalue weighted by molar-refractivity contribution is 0.184. The van der Waals surface area contributed by atoms with E-state index in [1.165, 1.54) is 0 Å². The van der Waals surface area contributed by atoms with E-state index in [9.17, 15) is 0 Å². The van der Waals surface area contributed by atoms with Gasteiger partial charge in [-0.2, -0.15) is 0 Å². The van der Waals surface area contributed by atoms with Gasteiger partial charge >= 0.3 is 0 Å². The zero-order valence-corrected chi connectivity index (χ0v) is 10.6. The molecule has 0 spiro atoms. The van der Waals surface area contributed by atoms with Crippen LogP contribution in [0.3, 0.4) is 0 Å². The molecule has 5 heteroatoms. The summed E-state index contributed by atoms with van der Waals surface area (Å²) in [6.45, 7) is 2.05. The Kier molecular flexibility index (Phi) is 7.69. The summed E-state index contributed by atoms with van der Waals surface area (Å²) in [6, 6.07) is 0. The van der Waals surface area contributed by atoms with Crippen molar-refractivity contribution in [3.8, 4) is 0 Å². The molecule has 0 saturated carbocycles. The number of nitrogens with zero attached hydrogens (tertiary/aromatic N) is 1. The smallest absolute Gasteiger partial charge is 0.258 e. The van der Waals surface area contributed by atoms with Gasteiger partial charge in [-0.25, -0.2) is 4.67 Å². The normalized spacial score (nSPS) is 16.5. The molecule has 0 aromatic carbocycles. The molecule has 0 aromatic heterocycles. The SMILES string of the molecule is COP(OC(C)CCBr)N(C)C. The van der Waals surface area contributed by atoms with E-state index >= 15 is 0 Å². The first kappa shape index (κ1) is 12.8. The first-order valence-electron chi connectivity index (χ1n) is 3.86. The van der Waals surface area contributed by atoms with Crippen molar-refractivity contribution < 1.29 is 9.05 Å². The van der Waals surface area contributed by atoms with Crippen LogP contribution < -0.4 is 0 Å². The number of hydrogen-bond donors (Lipinski definition) is 0. The van der Waals surface area contributed by atoms with E-state index in [0.717, 1.165) is 11.8 Å². The molecule has 0 radical (unpaired) electrons. The highest BCUT2D eigenvalue weighted by Gasteiger charge is 2.15. The summed E-state index contributed by atoms with van der Waals surface area (Å²) >= 11 is 3.37. The monoisotopic (exact) mass is 257 g/mol. The lowest BCUT2D eigenvalue weighted by atomic mass is 10.3. The Morgan fingerprint density at radius 2 is 2.08 bits per heavy atom. The molecule has 0 N–H and O–H groups in total. The lowest BCUT2D eigenvalue weighted by Crippen LogP contribution is -2.13. The Hall–Kier alpha value is 0.790. The van der Waals surface area contributed by atoms with Crippen LogP contribution in [0.1, 0.15) is 13.3 Å². The predicted molar refractivity (Wildman–Crippen MR) is 56.6 cm³/mol. The molecule has 0 heterocycles. The van der Waals surface area contributed by atoms with Gasteiger partial charge in [0.25, 0.3) is 8.53 Å². The minimum atomic E-state index is -0.856. The summed E-state index contributed by atoms with van der Waals surface area (Å²) in [5.41, 5.74) is 0. The maximum Gasteiger partial charge on any atom is 0.258 e. The fourth-order valence-electron chi connectivity index (χ4n) is 0.661. The van der Waals surface area contributed by atoms with Crippen molar-refractivity contribution in [2.75, 3.05) is 26.5 Å². The molecule has 0 aliphatic carbocycles. The Morgan fingerprint density at radius 3 is 2.42 bits per heavy atom. The third kappa shape index (κ3) is 5.44. The maximum atomic E-state index is 5.64. The van der Waals surface area contributed by atoms with Crippen molar-refractivity contribution in [3.05, 3.63) is 0 Å².